The summed E-state index contributed by atoms with van der Waals surface area (Å²) in [6.07, 6.45) is 5.58. The number of hydrogen-bond acceptors (Lipinski definition) is 5. The molecular formula is C24H33N3O5. The smallest absolute Gasteiger partial charge is 0.243 e. The average molecular weight is 444 g/mol. The number of nitrogens with one attached hydrogen (secondary N) is 2. The molecule has 1 saturated heterocycles. The number of rotatable bonds is 6. The zero-order valence-electron chi connectivity index (χ0n) is 18.9. The van der Waals surface area contributed by atoms with Gasteiger partial charge in [0.1, 0.15) is 19.3 Å². The van der Waals surface area contributed by atoms with Crippen LogP contribution in [0.3, 0.4) is 0 Å². The van der Waals surface area contributed by atoms with E-state index in [9.17, 15) is 14.4 Å². The van der Waals surface area contributed by atoms with Gasteiger partial charge in [-0.1, -0.05) is 33.1 Å². The summed E-state index contributed by atoms with van der Waals surface area (Å²) in [5, 5.41) is 6.03. The van der Waals surface area contributed by atoms with Gasteiger partial charge in [-0.25, -0.2) is 0 Å². The third-order valence-corrected chi connectivity index (χ3v) is 6.53. The molecule has 0 radical (unpaired) electrons. The molecule has 1 aromatic carbocycles. The Balaban J connectivity index is 1.38. The van der Waals surface area contributed by atoms with E-state index >= 15 is 0 Å². The van der Waals surface area contributed by atoms with Crippen molar-refractivity contribution in [1.82, 2.24) is 10.6 Å². The lowest BCUT2D eigenvalue weighted by Crippen LogP contribution is -2.53. The van der Waals surface area contributed by atoms with Crippen molar-refractivity contribution in [3.8, 4) is 11.5 Å². The van der Waals surface area contributed by atoms with Crippen molar-refractivity contribution in [1.29, 1.82) is 0 Å². The molecule has 2 N–H and O–H groups in total. The molecule has 32 heavy (non-hydrogen) atoms. The number of carbonyl (C=O) groups excluding carboxylic acids is 3. The quantitative estimate of drug-likeness (QED) is 0.704. The molecular weight excluding hydrogens is 410 g/mol. The fourth-order valence-corrected chi connectivity index (χ4v) is 4.68. The second-order valence-electron chi connectivity index (χ2n) is 9.31. The van der Waals surface area contributed by atoms with Crippen LogP contribution in [0.5, 0.6) is 11.5 Å². The van der Waals surface area contributed by atoms with Crippen LogP contribution >= 0.6 is 0 Å². The minimum atomic E-state index is -0.608. The lowest BCUT2D eigenvalue weighted by Gasteiger charge is -2.28. The van der Waals surface area contributed by atoms with Crippen molar-refractivity contribution >= 4 is 23.4 Å². The molecule has 2 aliphatic heterocycles. The SMILES string of the molecule is CC(C)[C@@H](NC(=O)C1CC(=O)N(c2ccc3c(c2)OCCO3)C1)C(=O)NC1CCCCC1. The average Bonchev–Trinajstić information content (AvgIpc) is 3.19. The van der Waals surface area contributed by atoms with E-state index < -0.39 is 12.0 Å². The molecule has 3 aliphatic rings. The summed E-state index contributed by atoms with van der Waals surface area (Å²) < 4.78 is 11.2. The first-order valence-corrected chi connectivity index (χ1v) is 11.7. The standard InChI is InChI=1S/C24H33N3O5/c1-15(2)22(24(30)25-17-6-4-3-5-7-17)26-23(29)16-12-21(28)27(14-16)18-8-9-19-20(13-18)32-11-10-31-19/h8-9,13,15-17,22H,3-7,10-12,14H2,1-2H3,(H,25,30)(H,26,29)/t16?,22-/m1/s1. The van der Waals surface area contributed by atoms with E-state index in [1.165, 1.54) is 6.42 Å². The third kappa shape index (κ3) is 5.00. The van der Waals surface area contributed by atoms with Gasteiger partial charge in [0.15, 0.2) is 11.5 Å². The molecule has 174 valence electrons. The van der Waals surface area contributed by atoms with E-state index in [0.29, 0.717) is 30.4 Å². The van der Waals surface area contributed by atoms with Crippen molar-refractivity contribution in [2.45, 2.75) is 64.5 Å². The van der Waals surface area contributed by atoms with Crippen LogP contribution in [0.15, 0.2) is 18.2 Å². The first-order valence-electron chi connectivity index (χ1n) is 11.7. The van der Waals surface area contributed by atoms with Crippen LogP contribution in [0, 0.1) is 11.8 Å². The van der Waals surface area contributed by atoms with E-state index in [2.05, 4.69) is 10.6 Å². The van der Waals surface area contributed by atoms with Gasteiger partial charge in [0.05, 0.1) is 5.92 Å². The second kappa shape index (κ2) is 9.79. The zero-order chi connectivity index (χ0) is 22.7. The molecule has 2 fully saturated rings. The summed E-state index contributed by atoms with van der Waals surface area (Å²) >= 11 is 0. The van der Waals surface area contributed by atoms with Gasteiger partial charge in [-0.2, -0.15) is 0 Å². The van der Waals surface area contributed by atoms with E-state index in [1.54, 1.807) is 23.1 Å². The number of ether oxygens (including phenoxy) is 2. The van der Waals surface area contributed by atoms with Gasteiger partial charge >= 0.3 is 0 Å². The molecule has 0 spiro atoms. The summed E-state index contributed by atoms with van der Waals surface area (Å²) in [5.41, 5.74) is 0.685. The lowest BCUT2D eigenvalue weighted by molar-refractivity contribution is -0.132. The van der Waals surface area contributed by atoms with Crippen LogP contribution in [-0.2, 0) is 14.4 Å². The van der Waals surface area contributed by atoms with Crippen LogP contribution in [0.2, 0.25) is 0 Å². The maximum atomic E-state index is 13.0. The Morgan fingerprint density at radius 1 is 1.06 bits per heavy atom. The number of carbonyl (C=O) groups is 3. The van der Waals surface area contributed by atoms with Crippen molar-refractivity contribution in [2.75, 3.05) is 24.7 Å². The van der Waals surface area contributed by atoms with E-state index in [0.717, 1.165) is 25.7 Å². The number of anilines is 1. The van der Waals surface area contributed by atoms with Crippen molar-refractivity contribution in [3.63, 3.8) is 0 Å². The number of nitrogens with zero attached hydrogens (tertiary/aromatic N) is 1. The summed E-state index contributed by atoms with van der Waals surface area (Å²) in [5.74, 6) is 0.213. The van der Waals surface area contributed by atoms with Gasteiger partial charge in [-0.05, 0) is 30.9 Å². The van der Waals surface area contributed by atoms with Gasteiger partial charge < -0.3 is 25.0 Å². The van der Waals surface area contributed by atoms with Gasteiger partial charge in [-0.15, -0.1) is 0 Å². The first kappa shape index (κ1) is 22.4. The van der Waals surface area contributed by atoms with Crippen molar-refractivity contribution in [2.24, 2.45) is 11.8 Å². The maximum Gasteiger partial charge on any atom is 0.243 e. The number of benzene rings is 1. The summed E-state index contributed by atoms with van der Waals surface area (Å²) in [7, 11) is 0. The van der Waals surface area contributed by atoms with Crippen molar-refractivity contribution in [3.05, 3.63) is 18.2 Å². The Hall–Kier alpha value is -2.77. The lowest BCUT2D eigenvalue weighted by atomic mass is 9.94. The van der Waals surface area contributed by atoms with Gasteiger partial charge in [0, 0.05) is 30.8 Å². The minimum Gasteiger partial charge on any atom is -0.486 e. The molecule has 8 nitrogen and oxygen atoms in total. The van der Waals surface area contributed by atoms with Gasteiger partial charge in [0.25, 0.3) is 0 Å². The molecule has 0 bridgehead atoms. The third-order valence-electron chi connectivity index (χ3n) is 6.53. The summed E-state index contributed by atoms with van der Waals surface area (Å²) in [6, 6.07) is 4.95. The number of amides is 3. The molecule has 1 aliphatic carbocycles. The molecule has 4 rings (SSSR count). The predicted octanol–water partition coefficient (Wildman–Crippen LogP) is 2.40. The molecule has 2 atom stereocenters. The zero-order valence-corrected chi connectivity index (χ0v) is 18.9. The van der Waals surface area contributed by atoms with E-state index in [-0.39, 0.29) is 42.6 Å². The Bertz CT molecular complexity index is 865. The fourth-order valence-electron chi connectivity index (χ4n) is 4.68. The van der Waals surface area contributed by atoms with Crippen LogP contribution in [-0.4, -0.2) is 49.6 Å². The Morgan fingerprint density at radius 3 is 2.50 bits per heavy atom. The summed E-state index contributed by atoms with van der Waals surface area (Å²) in [6.45, 7) is 5.09. The molecule has 2 heterocycles. The molecule has 8 heteroatoms. The van der Waals surface area contributed by atoms with Crippen molar-refractivity contribution < 1.29 is 23.9 Å². The molecule has 1 saturated carbocycles. The Labute approximate surface area is 189 Å². The first-order chi connectivity index (χ1) is 15.4. The highest BCUT2D eigenvalue weighted by Crippen LogP contribution is 2.36. The van der Waals surface area contributed by atoms with E-state index in [4.69, 9.17) is 9.47 Å². The molecule has 1 unspecified atom stereocenters. The highest BCUT2D eigenvalue weighted by molar-refractivity contribution is 6.01. The van der Waals surface area contributed by atoms with Crippen LogP contribution in [0.4, 0.5) is 5.69 Å². The van der Waals surface area contributed by atoms with Crippen LogP contribution < -0.4 is 25.0 Å². The molecule has 3 amide bonds. The van der Waals surface area contributed by atoms with Crippen LogP contribution in [0.1, 0.15) is 52.4 Å². The highest BCUT2D eigenvalue weighted by Gasteiger charge is 2.37. The molecule has 0 aromatic heterocycles. The Kier molecular flexibility index (Phi) is 6.86. The topological polar surface area (TPSA) is 97.0 Å². The second-order valence-corrected chi connectivity index (χ2v) is 9.31. The van der Waals surface area contributed by atoms with E-state index in [1.807, 2.05) is 13.8 Å². The normalized spacial score (nSPS) is 22.0. The molecule has 1 aromatic rings. The monoisotopic (exact) mass is 443 g/mol. The van der Waals surface area contributed by atoms with Gasteiger partial charge in [-0.3, -0.25) is 14.4 Å². The summed E-state index contributed by atoms with van der Waals surface area (Å²) in [4.78, 5) is 40.1. The van der Waals surface area contributed by atoms with Gasteiger partial charge in [0.2, 0.25) is 17.7 Å². The highest BCUT2D eigenvalue weighted by atomic mass is 16.6. The fraction of sp³-hybridized carbons (Fsp3) is 0.625. The number of fused-ring (bicyclic) bond motifs is 1. The van der Waals surface area contributed by atoms with Crippen LogP contribution in [0.25, 0.3) is 0 Å². The Morgan fingerprint density at radius 2 is 1.78 bits per heavy atom. The number of hydrogen-bond donors (Lipinski definition) is 2. The predicted molar refractivity (Wildman–Crippen MR) is 120 cm³/mol. The maximum absolute atomic E-state index is 13.0. The largest absolute Gasteiger partial charge is 0.486 e. The minimum absolute atomic E-state index is 0.0476.